The molecule has 0 aromatic heterocycles. The number of benzene rings is 1. The predicted molar refractivity (Wildman–Crippen MR) is 85.5 cm³/mol. The molecule has 0 heterocycles. The summed E-state index contributed by atoms with van der Waals surface area (Å²) in [6, 6.07) is 7.51. The fraction of sp³-hybridized carbons (Fsp3) is 0.588. The number of carbonyl (C=O) groups is 1. The Labute approximate surface area is 122 Å². The summed E-state index contributed by atoms with van der Waals surface area (Å²) in [4.78, 5) is 12.5. The van der Waals surface area contributed by atoms with Crippen molar-refractivity contribution in [2.45, 2.75) is 47.0 Å². The highest BCUT2D eigenvalue weighted by Crippen LogP contribution is 2.27. The average Bonchev–Trinajstić information content (AvgIpc) is 2.36. The van der Waals surface area contributed by atoms with Crippen LogP contribution in [0, 0.1) is 11.3 Å². The van der Waals surface area contributed by atoms with E-state index in [4.69, 9.17) is 5.73 Å². The van der Waals surface area contributed by atoms with Gasteiger partial charge in [0.1, 0.15) is 0 Å². The van der Waals surface area contributed by atoms with Crippen LogP contribution in [0.25, 0.3) is 0 Å². The van der Waals surface area contributed by atoms with Crippen molar-refractivity contribution in [3.8, 4) is 0 Å². The van der Waals surface area contributed by atoms with Crippen LogP contribution < -0.4 is 11.1 Å². The van der Waals surface area contributed by atoms with Gasteiger partial charge in [-0.05, 0) is 42.9 Å². The van der Waals surface area contributed by atoms with E-state index in [1.165, 1.54) is 0 Å². The largest absolute Gasteiger partial charge is 0.399 e. The SMILES string of the molecule is CC(C)C(C)(C)CNC(=O)C(C)(C)c1ccc(N)cc1. The highest BCUT2D eigenvalue weighted by atomic mass is 16.2. The van der Waals surface area contributed by atoms with Crippen LogP contribution in [0.15, 0.2) is 24.3 Å². The van der Waals surface area contributed by atoms with Crippen LogP contribution in [-0.2, 0) is 10.2 Å². The van der Waals surface area contributed by atoms with Gasteiger partial charge in [0.05, 0.1) is 5.41 Å². The molecule has 0 saturated carbocycles. The molecule has 1 amide bonds. The van der Waals surface area contributed by atoms with E-state index in [-0.39, 0.29) is 11.3 Å². The number of nitrogens with two attached hydrogens (primary N) is 1. The van der Waals surface area contributed by atoms with Gasteiger partial charge >= 0.3 is 0 Å². The van der Waals surface area contributed by atoms with E-state index in [1.807, 2.05) is 38.1 Å². The summed E-state index contributed by atoms with van der Waals surface area (Å²) in [7, 11) is 0. The van der Waals surface area contributed by atoms with E-state index >= 15 is 0 Å². The van der Waals surface area contributed by atoms with E-state index in [9.17, 15) is 4.79 Å². The normalized spacial score (nSPS) is 12.6. The van der Waals surface area contributed by atoms with Crippen LogP contribution >= 0.6 is 0 Å². The maximum Gasteiger partial charge on any atom is 0.230 e. The molecule has 0 aliphatic rings. The number of anilines is 1. The van der Waals surface area contributed by atoms with Gasteiger partial charge in [0.15, 0.2) is 0 Å². The van der Waals surface area contributed by atoms with Gasteiger partial charge in [-0.2, -0.15) is 0 Å². The Balaban J connectivity index is 2.78. The number of rotatable bonds is 5. The predicted octanol–water partition coefficient (Wildman–Crippen LogP) is 3.34. The van der Waals surface area contributed by atoms with Crippen LogP contribution in [0.3, 0.4) is 0 Å². The lowest BCUT2D eigenvalue weighted by molar-refractivity contribution is -0.126. The van der Waals surface area contributed by atoms with Crippen LogP contribution in [0.1, 0.15) is 47.1 Å². The zero-order valence-corrected chi connectivity index (χ0v) is 13.6. The summed E-state index contributed by atoms with van der Waals surface area (Å²) >= 11 is 0. The highest BCUT2D eigenvalue weighted by molar-refractivity contribution is 5.87. The monoisotopic (exact) mass is 276 g/mol. The molecule has 3 N–H and O–H groups in total. The number of nitrogen functional groups attached to an aromatic ring is 1. The van der Waals surface area contributed by atoms with E-state index in [0.29, 0.717) is 18.2 Å². The number of hydrogen-bond acceptors (Lipinski definition) is 2. The molecular formula is C17H28N2O. The molecule has 0 radical (unpaired) electrons. The third-order valence-corrected chi connectivity index (χ3v) is 4.47. The Bertz CT molecular complexity index is 458. The lowest BCUT2D eigenvalue weighted by Gasteiger charge is -2.32. The first-order valence-electron chi connectivity index (χ1n) is 7.21. The van der Waals surface area contributed by atoms with Gasteiger partial charge in [-0.15, -0.1) is 0 Å². The molecule has 0 unspecified atom stereocenters. The molecule has 0 aliphatic heterocycles. The summed E-state index contributed by atoms with van der Waals surface area (Å²) in [5.41, 5.74) is 6.92. The topological polar surface area (TPSA) is 55.1 Å². The number of amides is 1. The molecule has 1 aromatic carbocycles. The zero-order chi connectivity index (χ0) is 15.6. The van der Waals surface area contributed by atoms with E-state index in [2.05, 4.69) is 33.0 Å². The first-order chi connectivity index (χ1) is 9.07. The molecule has 0 aliphatic carbocycles. The molecule has 0 spiro atoms. The average molecular weight is 276 g/mol. The minimum Gasteiger partial charge on any atom is -0.399 e. The third-order valence-electron chi connectivity index (χ3n) is 4.47. The van der Waals surface area contributed by atoms with Crippen molar-refractivity contribution in [1.82, 2.24) is 5.32 Å². The Hall–Kier alpha value is -1.51. The molecule has 0 atom stereocenters. The lowest BCUT2D eigenvalue weighted by atomic mass is 9.80. The molecule has 1 aromatic rings. The molecule has 1 rings (SSSR count). The van der Waals surface area contributed by atoms with Gasteiger partial charge in [-0.3, -0.25) is 4.79 Å². The summed E-state index contributed by atoms with van der Waals surface area (Å²) in [6.45, 7) is 13.3. The fourth-order valence-electron chi connectivity index (χ4n) is 1.76. The van der Waals surface area contributed by atoms with Gasteiger partial charge < -0.3 is 11.1 Å². The van der Waals surface area contributed by atoms with Gasteiger partial charge in [-0.25, -0.2) is 0 Å². The fourth-order valence-corrected chi connectivity index (χ4v) is 1.76. The van der Waals surface area contributed by atoms with Crippen molar-refractivity contribution in [2.75, 3.05) is 12.3 Å². The quantitative estimate of drug-likeness (QED) is 0.810. The minimum atomic E-state index is -0.555. The number of hydrogen-bond donors (Lipinski definition) is 2. The summed E-state index contributed by atoms with van der Waals surface area (Å²) in [6.07, 6.45) is 0. The van der Waals surface area contributed by atoms with Crippen molar-refractivity contribution < 1.29 is 4.79 Å². The maximum absolute atomic E-state index is 12.5. The molecule has 112 valence electrons. The van der Waals surface area contributed by atoms with Crippen molar-refractivity contribution in [3.05, 3.63) is 29.8 Å². The molecule has 3 heteroatoms. The summed E-state index contributed by atoms with van der Waals surface area (Å²) < 4.78 is 0. The number of carbonyl (C=O) groups excluding carboxylic acids is 1. The summed E-state index contributed by atoms with van der Waals surface area (Å²) in [5, 5.41) is 3.09. The standard InChI is InChI=1S/C17H28N2O/c1-12(2)16(3,4)11-19-15(20)17(5,6)13-7-9-14(18)10-8-13/h7-10,12H,11,18H2,1-6H3,(H,19,20). The lowest BCUT2D eigenvalue weighted by Crippen LogP contribution is -2.45. The maximum atomic E-state index is 12.5. The molecule has 0 saturated heterocycles. The molecular weight excluding hydrogens is 248 g/mol. The smallest absolute Gasteiger partial charge is 0.230 e. The van der Waals surface area contributed by atoms with Crippen LogP contribution in [0.2, 0.25) is 0 Å². The van der Waals surface area contributed by atoms with Crippen LogP contribution in [0.4, 0.5) is 5.69 Å². The van der Waals surface area contributed by atoms with Gasteiger partial charge in [-0.1, -0.05) is 39.8 Å². The Morgan fingerprint density at radius 2 is 1.65 bits per heavy atom. The van der Waals surface area contributed by atoms with E-state index in [1.54, 1.807) is 0 Å². The van der Waals surface area contributed by atoms with Gasteiger partial charge in [0.25, 0.3) is 0 Å². The second-order valence-corrected chi connectivity index (χ2v) is 7.07. The number of nitrogens with one attached hydrogen (secondary N) is 1. The van der Waals surface area contributed by atoms with E-state index < -0.39 is 5.41 Å². The molecule has 0 bridgehead atoms. The van der Waals surface area contributed by atoms with Gasteiger partial charge in [0.2, 0.25) is 5.91 Å². The van der Waals surface area contributed by atoms with Crippen molar-refractivity contribution in [1.29, 1.82) is 0 Å². The van der Waals surface area contributed by atoms with Crippen LogP contribution in [0.5, 0.6) is 0 Å². The second-order valence-electron chi connectivity index (χ2n) is 7.07. The Kier molecular flexibility index (Phi) is 4.85. The van der Waals surface area contributed by atoms with Crippen molar-refractivity contribution >= 4 is 11.6 Å². The van der Waals surface area contributed by atoms with Gasteiger partial charge in [0, 0.05) is 12.2 Å². The molecule has 0 fully saturated rings. The third kappa shape index (κ3) is 3.75. The molecule has 20 heavy (non-hydrogen) atoms. The Morgan fingerprint density at radius 3 is 2.10 bits per heavy atom. The first kappa shape index (κ1) is 16.5. The zero-order valence-electron chi connectivity index (χ0n) is 13.6. The molecule has 3 nitrogen and oxygen atoms in total. The minimum absolute atomic E-state index is 0.0518. The van der Waals surface area contributed by atoms with Crippen molar-refractivity contribution in [2.24, 2.45) is 11.3 Å². The second kappa shape index (κ2) is 5.86. The van der Waals surface area contributed by atoms with E-state index in [0.717, 1.165) is 5.56 Å². The first-order valence-corrected chi connectivity index (χ1v) is 7.21. The summed E-state index contributed by atoms with van der Waals surface area (Å²) in [5.74, 6) is 0.568. The highest BCUT2D eigenvalue weighted by Gasteiger charge is 2.31. The van der Waals surface area contributed by atoms with Crippen molar-refractivity contribution in [3.63, 3.8) is 0 Å². The van der Waals surface area contributed by atoms with Crippen LogP contribution in [-0.4, -0.2) is 12.5 Å². The Morgan fingerprint density at radius 1 is 1.15 bits per heavy atom.